The number of hydrogen-bond acceptors (Lipinski definition) is 2. The molecule has 0 unspecified atom stereocenters. The van der Waals surface area contributed by atoms with Crippen molar-refractivity contribution in [2.45, 2.75) is 25.4 Å². The molecule has 0 bridgehead atoms. The lowest BCUT2D eigenvalue weighted by Gasteiger charge is -2.31. The Labute approximate surface area is 109 Å². The summed E-state index contributed by atoms with van der Waals surface area (Å²) in [4.78, 5) is 13.2. The summed E-state index contributed by atoms with van der Waals surface area (Å²) in [5.41, 5.74) is 4.07. The molecule has 19 heavy (non-hydrogen) atoms. The van der Waals surface area contributed by atoms with Gasteiger partial charge in [0, 0.05) is 13.1 Å². The average Bonchev–Trinajstić information content (AvgIpc) is 2.37. The van der Waals surface area contributed by atoms with Crippen LogP contribution in [0.25, 0.3) is 0 Å². The number of rotatable bonds is 2. The maximum atomic E-state index is 12.9. The van der Waals surface area contributed by atoms with E-state index < -0.39 is 23.2 Å². The third kappa shape index (κ3) is 2.83. The van der Waals surface area contributed by atoms with Crippen molar-refractivity contribution in [3.63, 3.8) is 0 Å². The number of alkyl halides is 3. The molecular formula is C13H15F3N2O. The van der Waals surface area contributed by atoms with Gasteiger partial charge in [0.2, 0.25) is 0 Å². The van der Waals surface area contributed by atoms with Crippen LogP contribution in [0.15, 0.2) is 18.2 Å². The van der Waals surface area contributed by atoms with E-state index in [2.05, 4.69) is 0 Å². The van der Waals surface area contributed by atoms with Crippen LogP contribution in [0.2, 0.25) is 0 Å². The van der Waals surface area contributed by atoms with Crippen molar-refractivity contribution in [2.24, 2.45) is 5.73 Å². The van der Waals surface area contributed by atoms with Crippen LogP contribution in [-0.4, -0.2) is 19.0 Å². The van der Waals surface area contributed by atoms with Crippen molar-refractivity contribution in [1.29, 1.82) is 0 Å². The van der Waals surface area contributed by atoms with Gasteiger partial charge in [0.05, 0.1) is 16.8 Å². The first-order valence-corrected chi connectivity index (χ1v) is 6.16. The summed E-state index contributed by atoms with van der Waals surface area (Å²) in [6.07, 6.45) is -1.69. The van der Waals surface area contributed by atoms with E-state index in [9.17, 15) is 18.0 Å². The first-order chi connectivity index (χ1) is 8.91. The molecule has 0 atom stereocenters. The highest BCUT2D eigenvalue weighted by Crippen LogP contribution is 2.36. The molecule has 1 aromatic carbocycles. The Morgan fingerprint density at radius 3 is 2.32 bits per heavy atom. The largest absolute Gasteiger partial charge is 0.417 e. The average molecular weight is 272 g/mol. The number of primary amides is 1. The van der Waals surface area contributed by atoms with Crippen molar-refractivity contribution in [2.75, 3.05) is 18.0 Å². The van der Waals surface area contributed by atoms with Gasteiger partial charge in [0.1, 0.15) is 0 Å². The van der Waals surface area contributed by atoms with Gasteiger partial charge >= 0.3 is 6.18 Å². The minimum Gasteiger partial charge on any atom is -0.371 e. The lowest BCUT2D eigenvalue weighted by molar-refractivity contribution is -0.137. The van der Waals surface area contributed by atoms with Crippen LogP contribution >= 0.6 is 0 Å². The number of anilines is 1. The standard InChI is InChI=1S/C13H15F3N2O/c14-13(15,16)9-5-4-6-10(11(9)12(17)19)18-7-2-1-3-8-18/h4-6H,1-3,7-8H2,(H2,17,19). The number of halogens is 3. The molecule has 1 aromatic rings. The highest BCUT2D eigenvalue weighted by Gasteiger charge is 2.36. The molecule has 104 valence electrons. The van der Waals surface area contributed by atoms with E-state index in [4.69, 9.17) is 5.73 Å². The molecular weight excluding hydrogens is 257 g/mol. The summed E-state index contributed by atoms with van der Waals surface area (Å²) in [6.45, 7) is 1.31. The van der Waals surface area contributed by atoms with Gasteiger partial charge in [-0.05, 0) is 31.4 Å². The number of hydrogen-bond donors (Lipinski definition) is 1. The summed E-state index contributed by atoms with van der Waals surface area (Å²) in [7, 11) is 0. The fraction of sp³-hybridized carbons (Fsp3) is 0.462. The lowest BCUT2D eigenvalue weighted by atomic mass is 10.0. The van der Waals surface area contributed by atoms with Gasteiger partial charge in [-0.15, -0.1) is 0 Å². The Balaban J connectivity index is 2.51. The molecule has 1 saturated heterocycles. The summed E-state index contributed by atoms with van der Waals surface area (Å²) < 4.78 is 38.8. The zero-order valence-corrected chi connectivity index (χ0v) is 10.3. The van der Waals surface area contributed by atoms with Gasteiger partial charge in [-0.1, -0.05) is 6.07 Å². The van der Waals surface area contributed by atoms with Gasteiger partial charge in [-0.25, -0.2) is 0 Å². The topological polar surface area (TPSA) is 46.3 Å². The second kappa shape index (κ2) is 5.11. The number of nitrogens with zero attached hydrogens (tertiary/aromatic N) is 1. The third-order valence-corrected chi connectivity index (χ3v) is 3.29. The van der Waals surface area contributed by atoms with Crippen LogP contribution in [0, 0.1) is 0 Å². The van der Waals surface area contributed by atoms with Crippen LogP contribution in [0.1, 0.15) is 35.2 Å². The number of carbonyl (C=O) groups is 1. The molecule has 1 heterocycles. The molecule has 2 N–H and O–H groups in total. The van der Waals surface area contributed by atoms with Crippen molar-refractivity contribution >= 4 is 11.6 Å². The monoisotopic (exact) mass is 272 g/mol. The molecule has 1 fully saturated rings. The van der Waals surface area contributed by atoms with E-state index in [1.54, 1.807) is 4.90 Å². The Morgan fingerprint density at radius 2 is 1.79 bits per heavy atom. The van der Waals surface area contributed by atoms with Gasteiger partial charge < -0.3 is 10.6 Å². The zero-order valence-electron chi connectivity index (χ0n) is 10.3. The quantitative estimate of drug-likeness (QED) is 0.899. The third-order valence-electron chi connectivity index (χ3n) is 3.29. The predicted octanol–water partition coefficient (Wildman–Crippen LogP) is 2.79. The van der Waals surface area contributed by atoms with Gasteiger partial charge in [-0.2, -0.15) is 13.2 Å². The summed E-state index contributed by atoms with van der Waals surface area (Å²) in [6, 6.07) is 3.74. The molecule has 6 heteroatoms. The van der Waals surface area contributed by atoms with E-state index in [-0.39, 0.29) is 0 Å². The summed E-state index contributed by atoms with van der Waals surface area (Å²) in [5, 5.41) is 0. The highest BCUT2D eigenvalue weighted by atomic mass is 19.4. The second-order valence-electron chi connectivity index (χ2n) is 4.61. The molecule has 0 aromatic heterocycles. The maximum absolute atomic E-state index is 12.9. The van der Waals surface area contributed by atoms with E-state index in [0.29, 0.717) is 18.8 Å². The maximum Gasteiger partial charge on any atom is 0.417 e. The molecule has 0 saturated carbocycles. The van der Waals surface area contributed by atoms with Crippen molar-refractivity contribution in [1.82, 2.24) is 0 Å². The zero-order chi connectivity index (χ0) is 14.0. The molecule has 1 amide bonds. The Kier molecular flexibility index (Phi) is 3.68. The fourth-order valence-electron chi connectivity index (χ4n) is 2.43. The van der Waals surface area contributed by atoms with E-state index >= 15 is 0 Å². The number of benzene rings is 1. The van der Waals surface area contributed by atoms with Crippen LogP contribution in [0.4, 0.5) is 18.9 Å². The van der Waals surface area contributed by atoms with Gasteiger partial charge in [0.25, 0.3) is 5.91 Å². The van der Waals surface area contributed by atoms with Crippen LogP contribution < -0.4 is 10.6 Å². The number of amides is 1. The first kappa shape index (κ1) is 13.7. The lowest BCUT2D eigenvalue weighted by Crippen LogP contribution is -2.32. The van der Waals surface area contributed by atoms with Crippen LogP contribution in [0.3, 0.4) is 0 Å². The van der Waals surface area contributed by atoms with E-state index in [1.165, 1.54) is 12.1 Å². The van der Waals surface area contributed by atoms with Crippen LogP contribution in [0.5, 0.6) is 0 Å². The normalized spacial score (nSPS) is 16.5. The Morgan fingerprint density at radius 1 is 1.16 bits per heavy atom. The molecule has 0 spiro atoms. The second-order valence-corrected chi connectivity index (χ2v) is 4.61. The number of nitrogens with two attached hydrogens (primary N) is 1. The minimum atomic E-state index is -4.57. The summed E-state index contributed by atoms with van der Waals surface area (Å²) >= 11 is 0. The fourth-order valence-corrected chi connectivity index (χ4v) is 2.43. The smallest absolute Gasteiger partial charge is 0.371 e. The molecule has 3 nitrogen and oxygen atoms in total. The Bertz CT molecular complexity index is 479. The van der Waals surface area contributed by atoms with Gasteiger partial charge in [-0.3, -0.25) is 4.79 Å². The van der Waals surface area contributed by atoms with Crippen molar-refractivity contribution in [3.8, 4) is 0 Å². The first-order valence-electron chi connectivity index (χ1n) is 6.16. The number of carbonyl (C=O) groups excluding carboxylic acids is 1. The number of piperidine rings is 1. The van der Waals surface area contributed by atoms with Crippen LogP contribution in [-0.2, 0) is 6.18 Å². The molecule has 1 aliphatic rings. The van der Waals surface area contributed by atoms with E-state index in [1.807, 2.05) is 0 Å². The van der Waals surface area contributed by atoms with Crippen molar-refractivity contribution < 1.29 is 18.0 Å². The predicted molar refractivity (Wildman–Crippen MR) is 66.0 cm³/mol. The van der Waals surface area contributed by atoms with E-state index in [0.717, 1.165) is 25.3 Å². The minimum absolute atomic E-state index is 0.294. The molecule has 1 aliphatic heterocycles. The molecule has 0 radical (unpaired) electrons. The van der Waals surface area contributed by atoms with Gasteiger partial charge in [0.15, 0.2) is 0 Å². The molecule has 0 aliphatic carbocycles. The Hall–Kier alpha value is -1.72. The summed E-state index contributed by atoms with van der Waals surface area (Å²) in [5.74, 6) is -1.03. The van der Waals surface area contributed by atoms with Crippen molar-refractivity contribution in [3.05, 3.63) is 29.3 Å². The highest BCUT2D eigenvalue weighted by molar-refractivity contribution is 6.00. The molecule has 2 rings (SSSR count). The SMILES string of the molecule is NC(=O)c1c(N2CCCCC2)cccc1C(F)(F)F.